The summed E-state index contributed by atoms with van der Waals surface area (Å²) in [7, 11) is 0. The first-order valence-corrected chi connectivity index (χ1v) is 12.9. The van der Waals surface area contributed by atoms with E-state index in [0.29, 0.717) is 0 Å². The van der Waals surface area contributed by atoms with E-state index >= 15 is 0 Å². The predicted octanol–water partition coefficient (Wildman–Crippen LogP) is 8.76. The van der Waals surface area contributed by atoms with Gasteiger partial charge in [0.1, 0.15) is 0 Å². The SMILES string of the molecule is CCCC[C@H]1CC[C@H]([C@H]2CC[C@H]([C@H]3CC[C@H](c4ccccc4)CC3)CC2)CC1. The lowest BCUT2D eigenvalue weighted by molar-refractivity contribution is 0.108. The molecule has 3 saturated carbocycles. The van der Waals surface area contributed by atoms with Gasteiger partial charge in [0, 0.05) is 0 Å². The fourth-order valence-corrected chi connectivity index (χ4v) is 7.18. The van der Waals surface area contributed by atoms with Crippen LogP contribution < -0.4 is 0 Å². The van der Waals surface area contributed by atoms with Crippen molar-refractivity contribution >= 4 is 0 Å². The van der Waals surface area contributed by atoms with Crippen LogP contribution in [-0.2, 0) is 0 Å². The van der Waals surface area contributed by atoms with E-state index in [1.807, 2.05) is 0 Å². The molecular weight excluding hydrogens is 336 g/mol. The topological polar surface area (TPSA) is 0 Å². The summed E-state index contributed by atoms with van der Waals surface area (Å²) in [5, 5.41) is 0. The first-order valence-electron chi connectivity index (χ1n) is 12.9. The minimum Gasteiger partial charge on any atom is -0.0654 e. The lowest BCUT2D eigenvalue weighted by atomic mass is 9.64. The maximum atomic E-state index is 2.35. The molecule has 3 fully saturated rings. The molecule has 0 amide bonds. The van der Waals surface area contributed by atoms with Crippen LogP contribution in [0.25, 0.3) is 0 Å². The lowest BCUT2D eigenvalue weighted by Gasteiger charge is -2.41. The maximum Gasteiger partial charge on any atom is -0.0162 e. The van der Waals surface area contributed by atoms with Crippen molar-refractivity contribution in [3.05, 3.63) is 35.9 Å². The zero-order chi connectivity index (χ0) is 19.2. The Labute approximate surface area is 174 Å². The second-order valence-electron chi connectivity index (χ2n) is 10.6. The molecule has 0 unspecified atom stereocenters. The van der Waals surface area contributed by atoms with E-state index in [-0.39, 0.29) is 0 Å². The lowest BCUT2D eigenvalue weighted by Crippen LogP contribution is -2.29. The summed E-state index contributed by atoms with van der Waals surface area (Å²) in [5.74, 6) is 6.21. The van der Waals surface area contributed by atoms with Crippen molar-refractivity contribution in [1.82, 2.24) is 0 Å². The van der Waals surface area contributed by atoms with Crippen molar-refractivity contribution in [2.75, 3.05) is 0 Å². The van der Waals surface area contributed by atoms with Crippen LogP contribution in [0.2, 0.25) is 0 Å². The molecule has 0 N–H and O–H groups in total. The Bertz CT molecular complexity index is 537. The average Bonchev–Trinajstić information content (AvgIpc) is 2.79. The van der Waals surface area contributed by atoms with Crippen LogP contribution in [-0.4, -0.2) is 0 Å². The Morgan fingerprint density at radius 1 is 0.607 bits per heavy atom. The maximum absolute atomic E-state index is 2.35. The van der Waals surface area contributed by atoms with Crippen LogP contribution in [0.15, 0.2) is 30.3 Å². The van der Waals surface area contributed by atoms with Crippen LogP contribution in [0.5, 0.6) is 0 Å². The zero-order valence-corrected chi connectivity index (χ0v) is 18.5. The minimum atomic E-state index is 0.844. The van der Waals surface area contributed by atoms with E-state index in [9.17, 15) is 0 Å². The monoisotopic (exact) mass is 380 g/mol. The van der Waals surface area contributed by atoms with Crippen molar-refractivity contribution in [3.63, 3.8) is 0 Å². The first-order chi connectivity index (χ1) is 13.8. The van der Waals surface area contributed by atoms with Crippen LogP contribution >= 0.6 is 0 Å². The molecule has 0 radical (unpaired) electrons. The highest BCUT2D eigenvalue weighted by atomic mass is 14.4. The summed E-state index contributed by atoms with van der Waals surface area (Å²) in [4.78, 5) is 0. The molecule has 3 aliphatic rings. The molecule has 0 saturated heterocycles. The quantitative estimate of drug-likeness (QED) is 0.462. The van der Waals surface area contributed by atoms with Gasteiger partial charge in [-0.1, -0.05) is 69.4 Å². The van der Waals surface area contributed by atoms with E-state index in [2.05, 4.69) is 37.3 Å². The van der Waals surface area contributed by atoms with Gasteiger partial charge in [-0.05, 0) is 105 Å². The highest BCUT2D eigenvalue weighted by Crippen LogP contribution is 2.47. The number of hydrogen-bond donors (Lipinski definition) is 0. The Hall–Kier alpha value is -0.780. The molecule has 3 aliphatic carbocycles. The van der Waals surface area contributed by atoms with Gasteiger partial charge in [0.15, 0.2) is 0 Å². The molecule has 4 rings (SSSR count). The van der Waals surface area contributed by atoms with E-state index in [4.69, 9.17) is 0 Å². The first kappa shape index (κ1) is 20.5. The summed E-state index contributed by atoms with van der Waals surface area (Å²) in [6, 6.07) is 11.3. The van der Waals surface area contributed by atoms with Crippen molar-refractivity contribution in [2.24, 2.45) is 29.6 Å². The van der Waals surface area contributed by atoms with Gasteiger partial charge in [-0.3, -0.25) is 0 Å². The van der Waals surface area contributed by atoms with Gasteiger partial charge >= 0.3 is 0 Å². The van der Waals surface area contributed by atoms with Crippen LogP contribution in [0, 0.1) is 29.6 Å². The van der Waals surface area contributed by atoms with Gasteiger partial charge in [-0.2, -0.15) is 0 Å². The standard InChI is InChI=1S/C28H44/c1-2-3-7-22-10-12-24(13-11-22)26-18-20-28(21-19-26)27-16-14-25(15-17-27)23-8-5-4-6-9-23/h4-6,8-9,22,24-28H,2-3,7,10-21H2,1H3/t22-,24-,25-,26-,27-,28-. The van der Waals surface area contributed by atoms with Crippen molar-refractivity contribution < 1.29 is 0 Å². The molecule has 0 aliphatic heterocycles. The molecule has 0 nitrogen and oxygen atoms in total. The molecule has 1 aromatic rings. The third-order valence-electron chi connectivity index (χ3n) is 9.05. The fraction of sp³-hybridized carbons (Fsp3) is 0.786. The number of hydrogen-bond acceptors (Lipinski definition) is 0. The average molecular weight is 381 g/mol. The van der Waals surface area contributed by atoms with Crippen molar-refractivity contribution in [2.45, 2.75) is 109 Å². The molecule has 156 valence electrons. The second-order valence-corrected chi connectivity index (χ2v) is 10.6. The van der Waals surface area contributed by atoms with Crippen molar-refractivity contribution in [3.8, 4) is 0 Å². The van der Waals surface area contributed by atoms with Crippen LogP contribution in [0.3, 0.4) is 0 Å². The van der Waals surface area contributed by atoms with E-state index in [0.717, 1.165) is 35.5 Å². The van der Waals surface area contributed by atoms with Crippen LogP contribution in [0.1, 0.15) is 115 Å². The Morgan fingerprint density at radius 2 is 1.07 bits per heavy atom. The largest absolute Gasteiger partial charge is 0.0654 e. The van der Waals surface area contributed by atoms with Gasteiger partial charge in [0.05, 0.1) is 0 Å². The third-order valence-corrected chi connectivity index (χ3v) is 9.05. The molecule has 28 heavy (non-hydrogen) atoms. The molecule has 0 heterocycles. The van der Waals surface area contributed by atoms with Crippen LogP contribution in [0.4, 0.5) is 0 Å². The van der Waals surface area contributed by atoms with Crippen molar-refractivity contribution in [1.29, 1.82) is 0 Å². The molecular formula is C28H44. The smallest absolute Gasteiger partial charge is 0.0162 e. The highest BCUT2D eigenvalue weighted by Gasteiger charge is 2.34. The number of benzene rings is 1. The Morgan fingerprint density at radius 3 is 1.57 bits per heavy atom. The minimum absolute atomic E-state index is 0.844. The summed E-state index contributed by atoms with van der Waals surface area (Å²) >= 11 is 0. The zero-order valence-electron chi connectivity index (χ0n) is 18.5. The van der Waals surface area contributed by atoms with Gasteiger partial charge in [-0.25, -0.2) is 0 Å². The summed E-state index contributed by atoms with van der Waals surface area (Å²) in [6.07, 6.45) is 22.7. The summed E-state index contributed by atoms with van der Waals surface area (Å²) in [6.45, 7) is 2.35. The van der Waals surface area contributed by atoms with E-state index < -0.39 is 0 Å². The number of rotatable bonds is 6. The Kier molecular flexibility index (Phi) is 7.54. The third kappa shape index (κ3) is 5.22. The van der Waals surface area contributed by atoms with Gasteiger partial charge in [0.25, 0.3) is 0 Å². The molecule has 0 aromatic heterocycles. The number of unbranched alkanes of at least 4 members (excludes halogenated alkanes) is 1. The fourth-order valence-electron chi connectivity index (χ4n) is 7.18. The molecule has 0 atom stereocenters. The highest BCUT2D eigenvalue weighted by molar-refractivity contribution is 5.19. The molecule has 0 bridgehead atoms. The normalized spacial score (nSPS) is 36.9. The molecule has 0 spiro atoms. The van der Waals surface area contributed by atoms with Gasteiger partial charge in [0.2, 0.25) is 0 Å². The van der Waals surface area contributed by atoms with E-state index in [1.54, 1.807) is 56.9 Å². The molecule has 0 heteroatoms. The molecule has 1 aromatic carbocycles. The Balaban J connectivity index is 1.17. The van der Waals surface area contributed by atoms with Gasteiger partial charge in [-0.15, -0.1) is 0 Å². The summed E-state index contributed by atoms with van der Waals surface area (Å²) < 4.78 is 0. The summed E-state index contributed by atoms with van der Waals surface area (Å²) in [5.41, 5.74) is 1.60. The predicted molar refractivity (Wildman–Crippen MR) is 122 cm³/mol. The van der Waals surface area contributed by atoms with Gasteiger partial charge < -0.3 is 0 Å². The second kappa shape index (κ2) is 10.3. The van der Waals surface area contributed by atoms with E-state index in [1.165, 1.54) is 44.9 Å².